The van der Waals surface area contributed by atoms with Crippen LogP contribution in [-0.2, 0) is 6.54 Å². The Labute approximate surface area is 170 Å². The van der Waals surface area contributed by atoms with E-state index < -0.39 is 17.6 Å². The summed E-state index contributed by atoms with van der Waals surface area (Å²) in [5.74, 6) is -0.902. The summed E-state index contributed by atoms with van der Waals surface area (Å²) in [6.45, 7) is 0.206. The van der Waals surface area contributed by atoms with Crippen LogP contribution < -0.4 is 10.6 Å². The van der Waals surface area contributed by atoms with Crippen LogP contribution in [0.2, 0.25) is 0 Å². The second-order valence-corrected chi connectivity index (χ2v) is 6.31. The molecule has 4 aromatic rings. The molecule has 0 aliphatic carbocycles. The number of nitrogens with one attached hydrogen (secondary N) is 2. The molecule has 150 valence electrons. The lowest BCUT2D eigenvalue weighted by molar-refractivity contribution is 0.0951. The van der Waals surface area contributed by atoms with Gasteiger partial charge in [0.2, 0.25) is 0 Å². The molecule has 0 fully saturated rings. The van der Waals surface area contributed by atoms with E-state index in [4.69, 9.17) is 4.42 Å². The molecule has 0 unspecified atom stereocenters. The van der Waals surface area contributed by atoms with Gasteiger partial charge in [-0.1, -0.05) is 6.07 Å². The molecule has 9 heteroatoms. The number of furan rings is 1. The highest BCUT2D eigenvalue weighted by Crippen LogP contribution is 2.19. The highest BCUT2D eigenvalue weighted by Gasteiger charge is 2.16. The molecular weight excluding hydrogens is 389 g/mol. The topological polar surface area (TPSA) is 102 Å². The minimum atomic E-state index is -0.576. The first-order valence-electron chi connectivity index (χ1n) is 8.96. The van der Waals surface area contributed by atoms with E-state index in [9.17, 15) is 14.0 Å². The van der Waals surface area contributed by atoms with E-state index in [1.165, 1.54) is 24.7 Å². The van der Waals surface area contributed by atoms with Crippen molar-refractivity contribution in [1.29, 1.82) is 0 Å². The van der Waals surface area contributed by atoms with Crippen LogP contribution in [-0.4, -0.2) is 26.6 Å². The molecular formula is C21H16FN5O3. The molecule has 3 heterocycles. The van der Waals surface area contributed by atoms with Crippen LogP contribution in [0.1, 0.15) is 26.3 Å². The van der Waals surface area contributed by atoms with Crippen molar-refractivity contribution in [1.82, 2.24) is 20.1 Å². The van der Waals surface area contributed by atoms with Gasteiger partial charge in [0, 0.05) is 25.1 Å². The van der Waals surface area contributed by atoms with Gasteiger partial charge in [0.05, 0.1) is 23.1 Å². The fourth-order valence-corrected chi connectivity index (χ4v) is 2.74. The average Bonchev–Trinajstić information content (AvgIpc) is 3.47. The number of carbonyl (C=O) groups excluding carboxylic acids is 2. The van der Waals surface area contributed by atoms with Gasteiger partial charge >= 0.3 is 0 Å². The fraction of sp³-hybridized carbons (Fsp3) is 0.0476. The van der Waals surface area contributed by atoms with Crippen LogP contribution in [0.25, 0.3) is 5.82 Å². The molecule has 0 saturated carbocycles. The minimum Gasteiger partial charge on any atom is -0.472 e. The maximum Gasteiger partial charge on any atom is 0.258 e. The maximum atomic E-state index is 13.7. The zero-order valence-corrected chi connectivity index (χ0v) is 15.6. The van der Waals surface area contributed by atoms with Gasteiger partial charge in [-0.05, 0) is 42.0 Å². The monoisotopic (exact) mass is 405 g/mol. The smallest absolute Gasteiger partial charge is 0.258 e. The summed E-state index contributed by atoms with van der Waals surface area (Å²) >= 11 is 0. The molecule has 0 aliphatic heterocycles. The lowest BCUT2D eigenvalue weighted by Gasteiger charge is -2.11. The van der Waals surface area contributed by atoms with Gasteiger partial charge in [-0.3, -0.25) is 9.59 Å². The van der Waals surface area contributed by atoms with Crippen molar-refractivity contribution >= 4 is 17.5 Å². The molecule has 0 radical (unpaired) electrons. The average molecular weight is 405 g/mol. The molecule has 0 saturated heterocycles. The van der Waals surface area contributed by atoms with E-state index in [2.05, 4.69) is 20.7 Å². The molecule has 2 N–H and O–H groups in total. The molecule has 0 spiro atoms. The van der Waals surface area contributed by atoms with Gasteiger partial charge in [-0.25, -0.2) is 14.1 Å². The summed E-state index contributed by atoms with van der Waals surface area (Å²) in [5, 5.41) is 9.38. The quantitative estimate of drug-likeness (QED) is 0.513. The van der Waals surface area contributed by atoms with E-state index in [1.807, 2.05) is 6.07 Å². The van der Waals surface area contributed by atoms with E-state index in [-0.39, 0.29) is 23.4 Å². The summed E-state index contributed by atoms with van der Waals surface area (Å²) in [5.41, 5.74) is 1.22. The van der Waals surface area contributed by atoms with Gasteiger partial charge in [-0.15, -0.1) is 0 Å². The number of aromatic nitrogens is 3. The number of nitrogens with zero attached hydrogens (tertiary/aromatic N) is 3. The number of benzene rings is 1. The summed E-state index contributed by atoms with van der Waals surface area (Å²) in [6, 6.07) is 10.4. The fourth-order valence-electron chi connectivity index (χ4n) is 2.74. The third-order valence-corrected chi connectivity index (χ3v) is 4.26. The third-order valence-electron chi connectivity index (χ3n) is 4.26. The first-order chi connectivity index (χ1) is 14.6. The Morgan fingerprint density at radius 2 is 2.03 bits per heavy atom. The Morgan fingerprint density at radius 3 is 2.73 bits per heavy atom. The Balaban J connectivity index is 1.45. The molecule has 2 amide bonds. The highest BCUT2D eigenvalue weighted by atomic mass is 19.1. The van der Waals surface area contributed by atoms with Crippen LogP contribution >= 0.6 is 0 Å². The van der Waals surface area contributed by atoms with Crippen LogP contribution in [0.5, 0.6) is 0 Å². The van der Waals surface area contributed by atoms with E-state index >= 15 is 0 Å². The van der Waals surface area contributed by atoms with Crippen molar-refractivity contribution in [3.63, 3.8) is 0 Å². The maximum absolute atomic E-state index is 13.7. The van der Waals surface area contributed by atoms with Crippen LogP contribution in [0.3, 0.4) is 0 Å². The van der Waals surface area contributed by atoms with Crippen LogP contribution in [0, 0.1) is 5.82 Å². The molecule has 1 aromatic carbocycles. The standard InChI is InChI=1S/C21H16FN5O3/c22-16-3-4-17(18(10-16)26-20(28)15-6-9-30-13-15)21(29)24-12-14-2-5-19(23-11-14)27-8-1-7-25-27/h1-11,13H,12H2,(H,24,29)(H,26,28). The Morgan fingerprint density at radius 1 is 1.13 bits per heavy atom. The number of anilines is 1. The number of carbonyl (C=O) groups is 2. The number of hydrogen-bond acceptors (Lipinski definition) is 5. The summed E-state index contributed by atoms with van der Waals surface area (Å²) in [7, 11) is 0. The van der Waals surface area contributed by atoms with E-state index in [0.717, 1.165) is 17.7 Å². The number of halogens is 1. The second-order valence-electron chi connectivity index (χ2n) is 6.31. The van der Waals surface area contributed by atoms with Gasteiger partial charge in [0.25, 0.3) is 11.8 Å². The van der Waals surface area contributed by atoms with Crippen molar-refractivity contribution in [2.75, 3.05) is 5.32 Å². The van der Waals surface area contributed by atoms with Gasteiger partial charge < -0.3 is 15.1 Å². The molecule has 0 aliphatic rings. The predicted octanol–water partition coefficient (Wildman–Crippen LogP) is 3.18. The number of rotatable bonds is 6. The third kappa shape index (κ3) is 4.25. The van der Waals surface area contributed by atoms with Crippen molar-refractivity contribution in [2.24, 2.45) is 0 Å². The first kappa shape index (κ1) is 19.1. The zero-order chi connectivity index (χ0) is 20.9. The van der Waals surface area contributed by atoms with Crippen molar-refractivity contribution in [3.8, 4) is 5.82 Å². The minimum absolute atomic E-state index is 0.0610. The molecule has 8 nitrogen and oxygen atoms in total. The van der Waals surface area contributed by atoms with Crippen LogP contribution in [0.4, 0.5) is 10.1 Å². The highest BCUT2D eigenvalue weighted by molar-refractivity contribution is 6.08. The summed E-state index contributed by atoms with van der Waals surface area (Å²) in [6.07, 6.45) is 7.66. The molecule has 0 atom stereocenters. The molecule has 30 heavy (non-hydrogen) atoms. The van der Waals surface area contributed by atoms with E-state index in [0.29, 0.717) is 5.82 Å². The summed E-state index contributed by atoms with van der Waals surface area (Å²) in [4.78, 5) is 29.2. The molecule has 4 rings (SSSR count). The Bertz CT molecular complexity index is 1160. The predicted molar refractivity (Wildman–Crippen MR) is 106 cm³/mol. The lowest BCUT2D eigenvalue weighted by atomic mass is 10.1. The van der Waals surface area contributed by atoms with Crippen LogP contribution in [0.15, 0.2) is 78.0 Å². The largest absolute Gasteiger partial charge is 0.472 e. The number of hydrogen-bond donors (Lipinski definition) is 2. The van der Waals surface area contributed by atoms with E-state index in [1.54, 1.807) is 35.4 Å². The van der Waals surface area contributed by atoms with Gasteiger partial charge in [0.15, 0.2) is 5.82 Å². The first-order valence-corrected chi connectivity index (χ1v) is 8.96. The summed E-state index contributed by atoms with van der Waals surface area (Å²) < 4.78 is 20.2. The van der Waals surface area contributed by atoms with Crippen molar-refractivity contribution in [3.05, 3.63) is 96.1 Å². The second kappa shape index (κ2) is 8.39. The van der Waals surface area contributed by atoms with Crippen molar-refractivity contribution in [2.45, 2.75) is 6.54 Å². The number of pyridine rings is 1. The SMILES string of the molecule is O=C(Nc1cc(F)ccc1C(=O)NCc1ccc(-n2cccn2)nc1)c1ccoc1. The normalized spacial score (nSPS) is 10.6. The number of amides is 2. The molecule has 0 bridgehead atoms. The Hall–Kier alpha value is -4.27. The Kier molecular flexibility index (Phi) is 5.33. The van der Waals surface area contributed by atoms with Gasteiger partial charge in [0.1, 0.15) is 12.1 Å². The van der Waals surface area contributed by atoms with Gasteiger partial charge in [-0.2, -0.15) is 5.10 Å². The molecule has 3 aromatic heterocycles. The van der Waals surface area contributed by atoms with Crippen molar-refractivity contribution < 1.29 is 18.4 Å². The lowest BCUT2D eigenvalue weighted by Crippen LogP contribution is -2.25. The zero-order valence-electron chi connectivity index (χ0n) is 15.6.